The third-order valence-electron chi connectivity index (χ3n) is 6.66. The molecule has 182 valence electrons. The monoisotopic (exact) mass is 482 g/mol. The van der Waals surface area contributed by atoms with Crippen LogP contribution in [0, 0.1) is 6.92 Å². The number of nitrogens with one attached hydrogen (secondary N) is 1. The molecule has 7 heteroatoms. The number of aromatic nitrogens is 1. The Hall–Kier alpha value is -4.52. The van der Waals surface area contributed by atoms with Gasteiger partial charge in [-0.15, -0.1) is 0 Å². The number of phenols is 1. The maximum Gasteiger partial charge on any atom is 0.295 e. The molecule has 1 atom stereocenters. The molecule has 1 aliphatic heterocycles. The van der Waals surface area contributed by atoms with Crippen LogP contribution in [-0.4, -0.2) is 45.4 Å². The first-order chi connectivity index (χ1) is 17.4. The molecule has 3 aromatic carbocycles. The van der Waals surface area contributed by atoms with Crippen LogP contribution in [0.5, 0.6) is 11.5 Å². The number of amides is 1. The fourth-order valence-corrected chi connectivity index (χ4v) is 4.85. The number of ketones is 1. The maximum absolute atomic E-state index is 13.3. The SMILES string of the molecule is COc1ccc(C)cc1/C(O)=C1\C(=O)C(=O)N(CCc2c[nH]c3ccccc23)C1c1ccc(O)cc1. The number of benzene rings is 3. The lowest BCUT2D eigenvalue weighted by Crippen LogP contribution is -2.31. The third kappa shape index (κ3) is 3.98. The molecule has 5 rings (SSSR count). The summed E-state index contributed by atoms with van der Waals surface area (Å²) < 4.78 is 5.42. The maximum atomic E-state index is 13.3. The van der Waals surface area contributed by atoms with Gasteiger partial charge < -0.3 is 24.8 Å². The quantitative estimate of drug-likeness (QED) is 0.207. The Balaban J connectivity index is 1.60. The average molecular weight is 483 g/mol. The number of aromatic amines is 1. The minimum absolute atomic E-state index is 0.00600. The second kappa shape index (κ2) is 9.26. The number of rotatable bonds is 6. The highest BCUT2D eigenvalue weighted by Crippen LogP contribution is 2.41. The van der Waals surface area contributed by atoms with Crippen LogP contribution < -0.4 is 4.74 Å². The number of likely N-dealkylation sites (tertiary alicyclic amines) is 1. The topological polar surface area (TPSA) is 103 Å². The minimum atomic E-state index is -0.818. The number of nitrogens with zero attached hydrogens (tertiary/aromatic N) is 1. The third-order valence-corrected chi connectivity index (χ3v) is 6.66. The van der Waals surface area contributed by atoms with Gasteiger partial charge in [-0.25, -0.2) is 0 Å². The number of aromatic hydroxyl groups is 1. The van der Waals surface area contributed by atoms with E-state index < -0.39 is 17.7 Å². The van der Waals surface area contributed by atoms with Crippen molar-refractivity contribution in [3.8, 4) is 11.5 Å². The number of aliphatic hydroxyl groups is 1. The number of aliphatic hydroxyl groups excluding tert-OH is 1. The van der Waals surface area contributed by atoms with Crippen LogP contribution >= 0.6 is 0 Å². The lowest BCUT2D eigenvalue weighted by atomic mass is 9.94. The Morgan fingerprint density at radius 3 is 2.56 bits per heavy atom. The molecular weight excluding hydrogens is 456 g/mol. The average Bonchev–Trinajstić information content (AvgIpc) is 3.41. The second-order valence-corrected chi connectivity index (χ2v) is 8.90. The van der Waals surface area contributed by atoms with Crippen molar-refractivity contribution in [1.82, 2.24) is 9.88 Å². The van der Waals surface area contributed by atoms with E-state index in [4.69, 9.17) is 4.74 Å². The number of ether oxygens (including phenoxy) is 1. The number of hydrogen-bond acceptors (Lipinski definition) is 5. The highest BCUT2D eigenvalue weighted by atomic mass is 16.5. The molecule has 1 aromatic heterocycles. The van der Waals surface area contributed by atoms with E-state index in [0.29, 0.717) is 23.3 Å². The largest absolute Gasteiger partial charge is 0.508 e. The normalized spacial score (nSPS) is 17.2. The van der Waals surface area contributed by atoms with E-state index in [1.165, 1.54) is 24.1 Å². The van der Waals surface area contributed by atoms with Gasteiger partial charge in [-0.05, 0) is 54.8 Å². The number of Topliss-reactive ketones (excluding diaryl/α,β-unsaturated/α-hetero) is 1. The van der Waals surface area contributed by atoms with Crippen LogP contribution in [-0.2, 0) is 16.0 Å². The van der Waals surface area contributed by atoms with Gasteiger partial charge in [0.25, 0.3) is 11.7 Å². The van der Waals surface area contributed by atoms with Crippen LogP contribution in [0.1, 0.15) is 28.3 Å². The molecule has 1 unspecified atom stereocenters. The Morgan fingerprint density at radius 1 is 1.06 bits per heavy atom. The summed E-state index contributed by atoms with van der Waals surface area (Å²) in [5.41, 5.74) is 3.84. The summed E-state index contributed by atoms with van der Waals surface area (Å²) >= 11 is 0. The molecule has 1 fully saturated rings. The highest BCUT2D eigenvalue weighted by Gasteiger charge is 2.46. The number of para-hydroxylation sites is 1. The molecule has 7 nitrogen and oxygen atoms in total. The number of H-pyrrole nitrogens is 1. The smallest absolute Gasteiger partial charge is 0.295 e. The molecule has 1 amide bonds. The van der Waals surface area contributed by atoms with Gasteiger partial charge in [-0.2, -0.15) is 0 Å². The van der Waals surface area contributed by atoms with E-state index >= 15 is 0 Å². The lowest BCUT2D eigenvalue weighted by molar-refractivity contribution is -0.139. The number of aryl methyl sites for hydroxylation is 1. The van der Waals surface area contributed by atoms with Crippen molar-refractivity contribution in [3.05, 3.63) is 101 Å². The molecule has 0 saturated carbocycles. The summed E-state index contributed by atoms with van der Waals surface area (Å²) in [5, 5.41) is 22.3. The van der Waals surface area contributed by atoms with Gasteiger partial charge in [0.2, 0.25) is 0 Å². The van der Waals surface area contributed by atoms with Crippen molar-refractivity contribution < 1.29 is 24.5 Å². The van der Waals surface area contributed by atoms with E-state index in [1.54, 1.807) is 24.3 Å². The zero-order valence-corrected chi connectivity index (χ0v) is 20.0. The van der Waals surface area contributed by atoms with E-state index in [2.05, 4.69) is 4.98 Å². The first-order valence-electron chi connectivity index (χ1n) is 11.7. The van der Waals surface area contributed by atoms with Crippen molar-refractivity contribution in [2.75, 3.05) is 13.7 Å². The Kier molecular flexibility index (Phi) is 5.98. The van der Waals surface area contributed by atoms with Crippen molar-refractivity contribution in [2.45, 2.75) is 19.4 Å². The zero-order chi connectivity index (χ0) is 25.4. The standard InChI is InChI=1S/C29H26N2O5/c1-17-7-12-24(36-2)22(15-17)27(33)25-26(18-8-10-20(32)11-9-18)31(29(35)28(25)34)14-13-19-16-30-23-6-4-3-5-21(19)23/h3-12,15-16,26,30,32-33H,13-14H2,1-2H3/b27-25+. The first kappa shape index (κ1) is 23.2. The van der Waals surface area contributed by atoms with Crippen molar-refractivity contribution >= 4 is 28.4 Å². The number of hydrogen-bond donors (Lipinski definition) is 3. The van der Waals surface area contributed by atoms with Gasteiger partial charge in [-0.3, -0.25) is 9.59 Å². The predicted molar refractivity (Wildman–Crippen MR) is 137 cm³/mol. The molecule has 1 saturated heterocycles. The van der Waals surface area contributed by atoms with E-state index in [-0.39, 0.29) is 23.6 Å². The molecule has 2 heterocycles. The van der Waals surface area contributed by atoms with E-state index in [0.717, 1.165) is 22.0 Å². The lowest BCUT2D eigenvalue weighted by Gasteiger charge is -2.25. The Bertz CT molecular complexity index is 1500. The number of carbonyl (C=O) groups excluding carboxylic acids is 2. The molecular formula is C29H26N2O5. The Morgan fingerprint density at radius 2 is 1.81 bits per heavy atom. The number of methoxy groups -OCH3 is 1. The molecule has 1 aliphatic rings. The molecule has 0 aliphatic carbocycles. The minimum Gasteiger partial charge on any atom is -0.508 e. The van der Waals surface area contributed by atoms with Crippen molar-refractivity contribution in [1.29, 1.82) is 0 Å². The van der Waals surface area contributed by atoms with Gasteiger partial charge in [0, 0.05) is 23.6 Å². The summed E-state index contributed by atoms with van der Waals surface area (Å²) in [5.74, 6) is -1.27. The van der Waals surface area contributed by atoms with E-state index in [9.17, 15) is 19.8 Å². The first-order valence-corrected chi connectivity index (χ1v) is 11.7. The zero-order valence-electron chi connectivity index (χ0n) is 20.0. The number of phenolic OH excluding ortho intramolecular Hbond substituents is 1. The predicted octanol–water partition coefficient (Wildman–Crippen LogP) is 4.85. The molecule has 0 bridgehead atoms. The van der Waals surface area contributed by atoms with Gasteiger partial charge in [0.15, 0.2) is 0 Å². The molecule has 0 radical (unpaired) electrons. The Labute approximate surface area is 208 Å². The van der Waals surface area contributed by atoms with Crippen molar-refractivity contribution in [3.63, 3.8) is 0 Å². The van der Waals surface area contributed by atoms with Gasteiger partial charge >= 0.3 is 0 Å². The molecule has 4 aromatic rings. The highest BCUT2D eigenvalue weighted by molar-refractivity contribution is 6.46. The fourth-order valence-electron chi connectivity index (χ4n) is 4.85. The van der Waals surface area contributed by atoms with Gasteiger partial charge in [0.05, 0.1) is 24.3 Å². The number of carbonyl (C=O) groups is 2. The summed E-state index contributed by atoms with van der Waals surface area (Å²) in [7, 11) is 1.48. The summed E-state index contributed by atoms with van der Waals surface area (Å²) in [6.07, 6.45) is 2.42. The number of fused-ring (bicyclic) bond motifs is 1. The van der Waals surface area contributed by atoms with E-state index in [1.807, 2.05) is 43.5 Å². The van der Waals surface area contributed by atoms with Gasteiger partial charge in [-0.1, -0.05) is 42.0 Å². The van der Waals surface area contributed by atoms with Crippen LogP contribution in [0.3, 0.4) is 0 Å². The molecule has 36 heavy (non-hydrogen) atoms. The molecule has 0 spiro atoms. The summed E-state index contributed by atoms with van der Waals surface area (Å²) in [4.78, 5) is 31.4. The van der Waals surface area contributed by atoms with Gasteiger partial charge in [0.1, 0.15) is 17.3 Å². The van der Waals surface area contributed by atoms with Crippen LogP contribution in [0.25, 0.3) is 16.7 Å². The fraction of sp³-hybridized carbons (Fsp3) is 0.172. The second-order valence-electron chi connectivity index (χ2n) is 8.90. The summed E-state index contributed by atoms with van der Waals surface area (Å²) in [6, 6.07) is 18.7. The van der Waals surface area contributed by atoms with Crippen LogP contribution in [0.15, 0.2) is 78.5 Å². The molecule has 3 N–H and O–H groups in total. The van der Waals surface area contributed by atoms with Crippen LogP contribution in [0.4, 0.5) is 0 Å². The van der Waals surface area contributed by atoms with Crippen molar-refractivity contribution in [2.24, 2.45) is 0 Å². The van der Waals surface area contributed by atoms with Crippen LogP contribution in [0.2, 0.25) is 0 Å². The summed E-state index contributed by atoms with van der Waals surface area (Å²) in [6.45, 7) is 2.13.